The zero-order valence-corrected chi connectivity index (χ0v) is 8.92. The number of rotatable bonds is 1. The second-order valence-electron chi connectivity index (χ2n) is 3.59. The molecule has 1 N–H and O–H groups in total. The van der Waals surface area contributed by atoms with Gasteiger partial charge in [0.1, 0.15) is 0 Å². The number of halogens is 1. The van der Waals surface area contributed by atoms with Crippen LogP contribution in [0.2, 0.25) is 5.02 Å². The van der Waals surface area contributed by atoms with Crippen LogP contribution in [0.15, 0.2) is 24.3 Å². The van der Waals surface area contributed by atoms with E-state index in [9.17, 15) is 0 Å². The monoisotopic (exact) mass is 211 g/mol. The van der Waals surface area contributed by atoms with Crippen molar-refractivity contribution in [1.82, 2.24) is 5.32 Å². The van der Waals surface area contributed by atoms with E-state index in [1.807, 2.05) is 24.3 Å². The first-order valence-corrected chi connectivity index (χ1v) is 5.25. The Labute approximate surface area is 89.2 Å². The molecule has 0 spiro atoms. The van der Waals surface area contributed by atoms with E-state index in [2.05, 4.69) is 12.2 Å². The molecule has 1 aliphatic rings. The maximum Gasteiger partial charge on any atom is 0.0975 e. The molecule has 0 aliphatic carbocycles. The Morgan fingerprint density at radius 2 is 2.07 bits per heavy atom. The van der Waals surface area contributed by atoms with Gasteiger partial charge in [0.25, 0.3) is 0 Å². The first-order valence-electron chi connectivity index (χ1n) is 4.88. The van der Waals surface area contributed by atoms with Crippen LogP contribution in [0.1, 0.15) is 18.6 Å². The van der Waals surface area contributed by atoms with Crippen LogP contribution < -0.4 is 5.32 Å². The molecule has 2 nitrogen and oxygen atoms in total. The summed E-state index contributed by atoms with van der Waals surface area (Å²) < 4.78 is 5.71. The summed E-state index contributed by atoms with van der Waals surface area (Å²) >= 11 is 5.83. The van der Waals surface area contributed by atoms with Crippen LogP contribution in [0.25, 0.3) is 0 Å². The Bertz CT molecular complexity index is 299. The normalized spacial score (nSPS) is 27.6. The van der Waals surface area contributed by atoms with Gasteiger partial charge in [-0.25, -0.2) is 0 Å². The standard InChI is InChI=1S/C11H14ClNO/c1-8-11(14-7-6-13-8)9-2-4-10(12)5-3-9/h2-5,8,11,13H,6-7H2,1H3/t8-,11+/m0/s1. The summed E-state index contributed by atoms with van der Waals surface area (Å²) in [4.78, 5) is 0. The molecule has 1 heterocycles. The van der Waals surface area contributed by atoms with Gasteiger partial charge < -0.3 is 10.1 Å². The predicted molar refractivity (Wildman–Crippen MR) is 57.6 cm³/mol. The third kappa shape index (κ3) is 2.08. The van der Waals surface area contributed by atoms with Crippen LogP contribution in [0.4, 0.5) is 0 Å². The average Bonchev–Trinajstić information content (AvgIpc) is 2.20. The zero-order valence-electron chi connectivity index (χ0n) is 8.16. The van der Waals surface area contributed by atoms with Gasteiger partial charge in [0, 0.05) is 17.6 Å². The number of morpholine rings is 1. The first-order chi connectivity index (χ1) is 6.77. The Morgan fingerprint density at radius 3 is 2.71 bits per heavy atom. The highest BCUT2D eigenvalue weighted by molar-refractivity contribution is 6.30. The van der Waals surface area contributed by atoms with E-state index in [1.165, 1.54) is 5.56 Å². The molecule has 14 heavy (non-hydrogen) atoms. The lowest BCUT2D eigenvalue weighted by atomic mass is 10.0. The van der Waals surface area contributed by atoms with Crippen LogP contribution in [-0.2, 0) is 4.74 Å². The summed E-state index contributed by atoms with van der Waals surface area (Å²) in [7, 11) is 0. The van der Waals surface area contributed by atoms with E-state index in [0.717, 1.165) is 18.2 Å². The van der Waals surface area contributed by atoms with Gasteiger partial charge in [0.05, 0.1) is 12.7 Å². The van der Waals surface area contributed by atoms with E-state index < -0.39 is 0 Å². The van der Waals surface area contributed by atoms with E-state index in [1.54, 1.807) is 0 Å². The highest BCUT2D eigenvalue weighted by Gasteiger charge is 2.22. The molecule has 76 valence electrons. The number of benzene rings is 1. The fourth-order valence-electron chi connectivity index (χ4n) is 1.76. The highest BCUT2D eigenvalue weighted by Crippen LogP contribution is 2.24. The smallest absolute Gasteiger partial charge is 0.0975 e. The lowest BCUT2D eigenvalue weighted by Crippen LogP contribution is -2.41. The summed E-state index contributed by atoms with van der Waals surface area (Å²) in [6.45, 7) is 3.85. The van der Waals surface area contributed by atoms with Gasteiger partial charge in [-0.1, -0.05) is 23.7 Å². The minimum atomic E-state index is 0.154. The number of hydrogen-bond acceptors (Lipinski definition) is 2. The van der Waals surface area contributed by atoms with Gasteiger partial charge in [0.2, 0.25) is 0 Å². The molecule has 3 heteroatoms. The lowest BCUT2D eigenvalue weighted by molar-refractivity contribution is -0.000220. The van der Waals surface area contributed by atoms with E-state index in [-0.39, 0.29) is 6.10 Å². The second kappa shape index (κ2) is 4.30. The second-order valence-corrected chi connectivity index (χ2v) is 4.02. The fraction of sp³-hybridized carbons (Fsp3) is 0.455. The molecule has 1 aliphatic heterocycles. The van der Waals surface area contributed by atoms with Crippen molar-refractivity contribution >= 4 is 11.6 Å². The molecule has 1 fully saturated rings. The molecule has 0 unspecified atom stereocenters. The van der Waals surface area contributed by atoms with Gasteiger partial charge in [-0.3, -0.25) is 0 Å². The average molecular weight is 212 g/mol. The number of hydrogen-bond donors (Lipinski definition) is 1. The van der Waals surface area contributed by atoms with Crippen molar-refractivity contribution in [2.45, 2.75) is 19.1 Å². The summed E-state index contributed by atoms with van der Waals surface area (Å²) in [5.74, 6) is 0. The molecule has 1 aromatic carbocycles. The minimum Gasteiger partial charge on any atom is -0.371 e. The molecule has 1 aromatic rings. The quantitative estimate of drug-likeness (QED) is 0.770. The fourth-order valence-corrected chi connectivity index (χ4v) is 1.89. The van der Waals surface area contributed by atoms with Gasteiger partial charge in [0.15, 0.2) is 0 Å². The predicted octanol–water partition coefficient (Wildman–Crippen LogP) is 2.39. The van der Waals surface area contributed by atoms with E-state index >= 15 is 0 Å². The molecular formula is C11H14ClNO. The maximum absolute atomic E-state index is 5.83. The number of ether oxygens (including phenoxy) is 1. The Kier molecular flexibility index (Phi) is 3.06. The third-order valence-corrected chi connectivity index (χ3v) is 2.77. The van der Waals surface area contributed by atoms with Crippen molar-refractivity contribution in [2.75, 3.05) is 13.2 Å². The Morgan fingerprint density at radius 1 is 1.36 bits per heavy atom. The van der Waals surface area contributed by atoms with Crippen LogP contribution in [0, 0.1) is 0 Å². The van der Waals surface area contributed by atoms with Crippen LogP contribution in [0.5, 0.6) is 0 Å². The summed E-state index contributed by atoms with van der Waals surface area (Å²) in [6.07, 6.45) is 0.154. The van der Waals surface area contributed by atoms with Crippen LogP contribution in [0.3, 0.4) is 0 Å². The molecule has 0 amide bonds. The molecule has 1 saturated heterocycles. The number of nitrogens with one attached hydrogen (secondary N) is 1. The SMILES string of the molecule is C[C@@H]1NCCO[C@H]1c1ccc(Cl)cc1. The minimum absolute atomic E-state index is 0.154. The molecule has 2 rings (SSSR count). The van der Waals surface area contributed by atoms with Gasteiger partial charge in [-0.2, -0.15) is 0 Å². The van der Waals surface area contributed by atoms with E-state index in [0.29, 0.717) is 6.04 Å². The van der Waals surface area contributed by atoms with Gasteiger partial charge >= 0.3 is 0 Å². The summed E-state index contributed by atoms with van der Waals surface area (Å²) in [6, 6.07) is 8.22. The van der Waals surface area contributed by atoms with Crippen molar-refractivity contribution in [3.63, 3.8) is 0 Å². The Balaban J connectivity index is 2.16. The third-order valence-electron chi connectivity index (χ3n) is 2.52. The van der Waals surface area contributed by atoms with Crippen LogP contribution in [-0.4, -0.2) is 19.2 Å². The first kappa shape index (κ1) is 9.97. The molecule has 0 saturated carbocycles. The zero-order chi connectivity index (χ0) is 9.97. The lowest BCUT2D eigenvalue weighted by Gasteiger charge is -2.30. The largest absolute Gasteiger partial charge is 0.371 e. The molecule has 2 atom stereocenters. The topological polar surface area (TPSA) is 21.3 Å². The van der Waals surface area contributed by atoms with Gasteiger partial charge in [-0.05, 0) is 24.6 Å². The van der Waals surface area contributed by atoms with Gasteiger partial charge in [-0.15, -0.1) is 0 Å². The summed E-state index contributed by atoms with van der Waals surface area (Å²) in [5, 5.41) is 4.16. The molecule has 0 bridgehead atoms. The molecule has 0 radical (unpaired) electrons. The Hall–Kier alpha value is -0.570. The molecular weight excluding hydrogens is 198 g/mol. The highest BCUT2D eigenvalue weighted by atomic mass is 35.5. The van der Waals surface area contributed by atoms with Crippen molar-refractivity contribution in [1.29, 1.82) is 0 Å². The van der Waals surface area contributed by atoms with Crippen molar-refractivity contribution in [3.05, 3.63) is 34.9 Å². The van der Waals surface area contributed by atoms with Crippen molar-refractivity contribution in [3.8, 4) is 0 Å². The maximum atomic E-state index is 5.83. The van der Waals surface area contributed by atoms with Crippen LogP contribution >= 0.6 is 11.6 Å². The van der Waals surface area contributed by atoms with Crippen molar-refractivity contribution in [2.24, 2.45) is 0 Å². The molecule has 0 aromatic heterocycles. The van der Waals surface area contributed by atoms with Crippen molar-refractivity contribution < 1.29 is 4.74 Å². The van der Waals surface area contributed by atoms with E-state index in [4.69, 9.17) is 16.3 Å². The summed E-state index contributed by atoms with van der Waals surface area (Å²) in [5.41, 5.74) is 1.19.